The van der Waals surface area contributed by atoms with Crippen LogP contribution in [-0.4, -0.2) is 24.7 Å². The van der Waals surface area contributed by atoms with Gasteiger partial charge in [0.15, 0.2) is 0 Å². The van der Waals surface area contributed by atoms with Crippen LogP contribution < -0.4 is 4.90 Å². The molecule has 18 heavy (non-hydrogen) atoms. The molecule has 0 aliphatic heterocycles. The molecule has 1 fully saturated rings. The van der Waals surface area contributed by atoms with Crippen LogP contribution in [0.15, 0.2) is 24.3 Å². The van der Waals surface area contributed by atoms with E-state index in [2.05, 4.69) is 24.9 Å². The van der Waals surface area contributed by atoms with Gasteiger partial charge in [0.2, 0.25) is 0 Å². The van der Waals surface area contributed by atoms with Gasteiger partial charge in [-0.1, -0.05) is 6.07 Å². The molecule has 1 saturated carbocycles. The summed E-state index contributed by atoms with van der Waals surface area (Å²) in [4.78, 5) is 12.8. The summed E-state index contributed by atoms with van der Waals surface area (Å²) in [6, 6.07) is 6.06. The van der Waals surface area contributed by atoms with Crippen LogP contribution >= 0.6 is 0 Å². The highest BCUT2D eigenvalue weighted by Gasteiger charge is 2.23. The van der Waals surface area contributed by atoms with Crippen molar-refractivity contribution in [2.24, 2.45) is 5.92 Å². The van der Waals surface area contributed by atoms with Crippen molar-refractivity contribution in [3.05, 3.63) is 35.4 Å². The fourth-order valence-corrected chi connectivity index (χ4v) is 2.16. The third kappa shape index (κ3) is 3.36. The SMILES string of the molecule is Cc1cc(/C=C/C(=O)O)ccc1N(C)CC1CC1. The van der Waals surface area contributed by atoms with Gasteiger partial charge in [-0.25, -0.2) is 4.79 Å². The first-order valence-electron chi connectivity index (χ1n) is 6.29. The average molecular weight is 245 g/mol. The summed E-state index contributed by atoms with van der Waals surface area (Å²) in [7, 11) is 2.12. The maximum atomic E-state index is 10.5. The highest BCUT2D eigenvalue weighted by Crippen LogP contribution is 2.31. The van der Waals surface area contributed by atoms with Crippen LogP contribution in [-0.2, 0) is 4.79 Å². The van der Waals surface area contributed by atoms with Crippen molar-refractivity contribution in [1.82, 2.24) is 0 Å². The Morgan fingerprint density at radius 3 is 2.78 bits per heavy atom. The summed E-state index contributed by atoms with van der Waals surface area (Å²) >= 11 is 0. The van der Waals surface area contributed by atoms with Crippen molar-refractivity contribution in [1.29, 1.82) is 0 Å². The molecule has 0 heterocycles. The van der Waals surface area contributed by atoms with Crippen LogP contribution in [0, 0.1) is 12.8 Å². The van der Waals surface area contributed by atoms with Crippen molar-refractivity contribution < 1.29 is 9.90 Å². The number of hydrogen-bond donors (Lipinski definition) is 1. The molecule has 0 amide bonds. The van der Waals surface area contributed by atoms with Crippen LogP contribution in [0.5, 0.6) is 0 Å². The van der Waals surface area contributed by atoms with E-state index >= 15 is 0 Å². The monoisotopic (exact) mass is 245 g/mol. The van der Waals surface area contributed by atoms with Gasteiger partial charge in [-0.15, -0.1) is 0 Å². The van der Waals surface area contributed by atoms with E-state index in [0.717, 1.165) is 18.0 Å². The normalized spacial score (nSPS) is 15.0. The maximum absolute atomic E-state index is 10.5. The van der Waals surface area contributed by atoms with Gasteiger partial charge in [0.25, 0.3) is 0 Å². The Morgan fingerprint density at radius 1 is 1.50 bits per heavy atom. The van der Waals surface area contributed by atoms with E-state index in [1.54, 1.807) is 6.08 Å². The standard InChI is InChI=1S/C15H19NO2/c1-11-9-12(6-8-15(17)18)5-7-14(11)16(2)10-13-3-4-13/h5-9,13H,3-4,10H2,1-2H3,(H,17,18)/b8-6+. The lowest BCUT2D eigenvalue weighted by molar-refractivity contribution is -0.131. The number of rotatable bonds is 5. The molecule has 0 unspecified atom stereocenters. The van der Waals surface area contributed by atoms with Crippen LogP contribution in [0.2, 0.25) is 0 Å². The summed E-state index contributed by atoms with van der Waals surface area (Å²) in [5, 5.41) is 8.60. The van der Waals surface area contributed by atoms with Crippen molar-refractivity contribution in [3.63, 3.8) is 0 Å². The minimum absolute atomic E-state index is 0.862. The van der Waals surface area contributed by atoms with E-state index < -0.39 is 5.97 Å². The summed E-state index contributed by atoms with van der Waals surface area (Å²) in [5.41, 5.74) is 3.35. The summed E-state index contributed by atoms with van der Waals surface area (Å²) in [6.45, 7) is 3.18. The number of carboxylic acid groups (broad SMARTS) is 1. The minimum atomic E-state index is -0.914. The molecule has 0 aromatic heterocycles. The summed E-state index contributed by atoms with van der Waals surface area (Å²) < 4.78 is 0. The molecule has 0 saturated heterocycles. The zero-order chi connectivity index (χ0) is 13.1. The van der Waals surface area contributed by atoms with Gasteiger partial charge in [-0.05, 0) is 55.0 Å². The van der Waals surface area contributed by atoms with Gasteiger partial charge in [0, 0.05) is 25.4 Å². The Hall–Kier alpha value is -1.77. The number of aliphatic carboxylic acids is 1. The van der Waals surface area contributed by atoms with Gasteiger partial charge in [0.1, 0.15) is 0 Å². The molecule has 96 valence electrons. The first-order chi connectivity index (χ1) is 8.56. The number of aryl methyl sites for hydroxylation is 1. The Bertz CT molecular complexity index is 475. The molecule has 3 heteroatoms. The molecule has 3 nitrogen and oxygen atoms in total. The lowest BCUT2D eigenvalue weighted by Gasteiger charge is -2.21. The first-order valence-corrected chi connectivity index (χ1v) is 6.29. The van der Waals surface area contributed by atoms with Gasteiger partial charge >= 0.3 is 5.97 Å². The van der Waals surface area contributed by atoms with Gasteiger partial charge in [-0.3, -0.25) is 0 Å². The molecule has 1 aliphatic rings. The van der Waals surface area contributed by atoms with E-state index in [-0.39, 0.29) is 0 Å². The van der Waals surface area contributed by atoms with E-state index in [1.165, 1.54) is 30.2 Å². The molecular weight excluding hydrogens is 226 g/mol. The van der Waals surface area contributed by atoms with E-state index in [4.69, 9.17) is 5.11 Å². The largest absolute Gasteiger partial charge is 0.478 e. The minimum Gasteiger partial charge on any atom is -0.478 e. The van der Waals surface area contributed by atoms with Gasteiger partial charge in [0.05, 0.1) is 0 Å². The van der Waals surface area contributed by atoms with Crippen LogP contribution in [0.1, 0.15) is 24.0 Å². The highest BCUT2D eigenvalue weighted by molar-refractivity contribution is 5.85. The second-order valence-corrected chi connectivity index (χ2v) is 5.04. The molecular formula is C15H19NO2. The number of carbonyl (C=O) groups is 1. The Morgan fingerprint density at radius 2 is 2.22 bits per heavy atom. The first kappa shape index (κ1) is 12.7. The lowest BCUT2D eigenvalue weighted by atomic mass is 10.1. The Balaban J connectivity index is 2.10. The zero-order valence-electron chi connectivity index (χ0n) is 10.9. The molecule has 1 N–H and O–H groups in total. The number of nitrogens with zero attached hydrogens (tertiary/aromatic N) is 1. The van der Waals surface area contributed by atoms with Crippen LogP contribution in [0.4, 0.5) is 5.69 Å². The molecule has 1 aromatic carbocycles. The molecule has 0 atom stereocenters. The fraction of sp³-hybridized carbons (Fsp3) is 0.400. The molecule has 0 spiro atoms. The molecule has 2 rings (SSSR count). The van der Waals surface area contributed by atoms with E-state index in [1.807, 2.05) is 12.1 Å². The number of carboxylic acids is 1. The smallest absolute Gasteiger partial charge is 0.328 e. The second kappa shape index (κ2) is 5.25. The van der Waals surface area contributed by atoms with Gasteiger partial charge < -0.3 is 10.0 Å². The average Bonchev–Trinajstić information content (AvgIpc) is 3.10. The molecule has 0 bridgehead atoms. The molecule has 0 radical (unpaired) electrons. The number of benzene rings is 1. The van der Waals surface area contributed by atoms with Crippen molar-refractivity contribution >= 4 is 17.7 Å². The maximum Gasteiger partial charge on any atom is 0.328 e. The Kier molecular flexibility index (Phi) is 3.70. The third-order valence-electron chi connectivity index (χ3n) is 3.28. The highest BCUT2D eigenvalue weighted by atomic mass is 16.4. The summed E-state index contributed by atoms with van der Waals surface area (Å²) in [6.07, 6.45) is 5.49. The van der Waals surface area contributed by atoms with E-state index in [9.17, 15) is 4.79 Å². The predicted molar refractivity (Wildman–Crippen MR) is 73.8 cm³/mol. The zero-order valence-corrected chi connectivity index (χ0v) is 10.9. The van der Waals surface area contributed by atoms with E-state index in [0.29, 0.717) is 0 Å². The van der Waals surface area contributed by atoms with Crippen molar-refractivity contribution in [3.8, 4) is 0 Å². The molecule has 1 aromatic rings. The Labute approximate surface area is 108 Å². The molecule has 1 aliphatic carbocycles. The van der Waals surface area contributed by atoms with Crippen LogP contribution in [0.3, 0.4) is 0 Å². The fourth-order valence-electron chi connectivity index (χ4n) is 2.16. The summed E-state index contributed by atoms with van der Waals surface area (Å²) in [5.74, 6) is -0.0523. The predicted octanol–water partition coefficient (Wildman–Crippen LogP) is 2.94. The topological polar surface area (TPSA) is 40.5 Å². The van der Waals surface area contributed by atoms with Gasteiger partial charge in [-0.2, -0.15) is 0 Å². The lowest BCUT2D eigenvalue weighted by Crippen LogP contribution is -2.20. The van der Waals surface area contributed by atoms with Crippen LogP contribution in [0.25, 0.3) is 6.08 Å². The third-order valence-corrected chi connectivity index (χ3v) is 3.28. The number of anilines is 1. The quantitative estimate of drug-likeness (QED) is 0.811. The number of hydrogen-bond acceptors (Lipinski definition) is 2. The second-order valence-electron chi connectivity index (χ2n) is 5.04. The van der Waals surface area contributed by atoms with Crippen molar-refractivity contribution in [2.75, 3.05) is 18.5 Å². The van der Waals surface area contributed by atoms with Crippen molar-refractivity contribution in [2.45, 2.75) is 19.8 Å².